The molecule has 5 nitrogen and oxygen atoms in total. The summed E-state index contributed by atoms with van der Waals surface area (Å²) < 4.78 is 30.1. The molecule has 3 rings (SSSR count). The minimum atomic E-state index is -3.57. The highest BCUT2D eigenvalue weighted by Gasteiger charge is 2.34. The van der Waals surface area contributed by atoms with Gasteiger partial charge >= 0.3 is 0 Å². The maximum atomic E-state index is 13.0. The van der Waals surface area contributed by atoms with Gasteiger partial charge < -0.3 is 0 Å². The topological polar surface area (TPSA) is 55.2 Å². The molecule has 0 unspecified atom stereocenters. The van der Waals surface area contributed by atoms with Crippen LogP contribution in [0.5, 0.6) is 0 Å². The normalized spacial score (nSPS) is 14.6. The van der Waals surface area contributed by atoms with Gasteiger partial charge in [0.15, 0.2) is 0 Å². The van der Waals surface area contributed by atoms with Gasteiger partial charge in [0.05, 0.1) is 17.1 Å². The Kier molecular flexibility index (Phi) is 3.37. The second-order valence-electron chi connectivity index (χ2n) is 5.22. The molecule has 112 valence electrons. The van der Waals surface area contributed by atoms with Crippen LogP contribution in [0.2, 0.25) is 0 Å². The number of aromatic nitrogens is 2. The number of hydrogen-bond acceptors (Lipinski definition) is 3. The summed E-state index contributed by atoms with van der Waals surface area (Å²) in [5.74, 6) is 0. The molecular formula is C14H16BrN3O2S. The van der Waals surface area contributed by atoms with Gasteiger partial charge in [-0.15, -0.1) is 0 Å². The summed E-state index contributed by atoms with van der Waals surface area (Å²) in [6.07, 6.45) is 0.729. The number of rotatable bonds is 2. The Morgan fingerprint density at radius 1 is 1.29 bits per heavy atom. The average Bonchev–Trinajstić information content (AvgIpc) is 2.91. The molecule has 0 N–H and O–H groups in total. The Balaban J connectivity index is 2.14. The number of fused-ring (bicyclic) bond motifs is 1. The Morgan fingerprint density at radius 3 is 2.62 bits per heavy atom. The first kappa shape index (κ1) is 14.6. The SMILES string of the molecule is Cc1nn(C)c(C)c1S(=O)(=O)N1CCc2cc(Br)ccc21. The zero-order chi connectivity index (χ0) is 15.4. The third-order valence-corrected chi connectivity index (χ3v) is 6.44. The van der Waals surface area contributed by atoms with E-state index >= 15 is 0 Å². The van der Waals surface area contributed by atoms with Crippen LogP contribution in [0.1, 0.15) is 17.0 Å². The maximum absolute atomic E-state index is 13.0. The molecule has 0 bridgehead atoms. The van der Waals surface area contributed by atoms with E-state index in [-0.39, 0.29) is 0 Å². The van der Waals surface area contributed by atoms with E-state index in [0.717, 1.165) is 22.1 Å². The zero-order valence-electron chi connectivity index (χ0n) is 12.1. The lowest BCUT2D eigenvalue weighted by Crippen LogP contribution is -2.30. The molecule has 2 aromatic rings. The predicted octanol–water partition coefficient (Wildman–Crippen LogP) is 2.55. The van der Waals surface area contributed by atoms with Crippen LogP contribution < -0.4 is 4.31 Å². The smallest absolute Gasteiger partial charge is 0.268 e. The lowest BCUT2D eigenvalue weighted by Gasteiger charge is -2.19. The lowest BCUT2D eigenvalue weighted by atomic mass is 10.2. The number of anilines is 1. The molecule has 0 saturated heterocycles. The predicted molar refractivity (Wildman–Crippen MR) is 85.1 cm³/mol. The van der Waals surface area contributed by atoms with E-state index < -0.39 is 10.0 Å². The van der Waals surface area contributed by atoms with Crippen molar-refractivity contribution in [3.05, 3.63) is 39.6 Å². The van der Waals surface area contributed by atoms with Gasteiger partial charge in [0.2, 0.25) is 0 Å². The van der Waals surface area contributed by atoms with Crippen LogP contribution in [0.4, 0.5) is 5.69 Å². The van der Waals surface area contributed by atoms with Gasteiger partial charge in [-0.25, -0.2) is 8.42 Å². The van der Waals surface area contributed by atoms with Crippen LogP contribution in [0.25, 0.3) is 0 Å². The summed E-state index contributed by atoms with van der Waals surface area (Å²) in [6.45, 7) is 3.99. The van der Waals surface area contributed by atoms with Crippen molar-refractivity contribution in [1.29, 1.82) is 0 Å². The van der Waals surface area contributed by atoms with Crippen LogP contribution in [-0.2, 0) is 23.5 Å². The lowest BCUT2D eigenvalue weighted by molar-refractivity contribution is 0.590. The monoisotopic (exact) mass is 369 g/mol. The first-order chi connectivity index (χ1) is 9.82. The molecule has 0 atom stereocenters. The maximum Gasteiger partial charge on any atom is 0.268 e. The first-order valence-corrected chi connectivity index (χ1v) is 8.87. The molecule has 0 aliphatic carbocycles. The van der Waals surface area contributed by atoms with Crippen molar-refractivity contribution in [1.82, 2.24) is 9.78 Å². The van der Waals surface area contributed by atoms with Gasteiger partial charge in [-0.05, 0) is 44.0 Å². The van der Waals surface area contributed by atoms with Crippen molar-refractivity contribution in [3.8, 4) is 0 Å². The highest BCUT2D eigenvalue weighted by Crippen LogP contribution is 2.35. The zero-order valence-corrected chi connectivity index (χ0v) is 14.5. The van der Waals surface area contributed by atoms with Crippen LogP contribution in [0.15, 0.2) is 27.6 Å². The van der Waals surface area contributed by atoms with E-state index in [2.05, 4.69) is 21.0 Å². The van der Waals surface area contributed by atoms with E-state index in [0.29, 0.717) is 22.8 Å². The fraction of sp³-hybridized carbons (Fsp3) is 0.357. The van der Waals surface area contributed by atoms with Crippen molar-refractivity contribution in [2.75, 3.05) is 10.8 Å². The third kappa shape index (κ3) is 2.19. The number of nitrogens with zero attached hydrogens (tertiary/aromatic N) is 3. The molecule has 0 saturated carbocycles. The Hall–Kier alpha value is -1.34. The van der Waals surface area contributed by atoms with Gasteiger partial charge in [-0.3, -0.25) is 8.99 Å². The molecule has 0 spiro atoms. The molecular weight excluding hydrogens is 354 g/mol. The Morgan fingerprint density at radius 2 is 2.00 bits per heavy atom. The summed E-state index contributed by atoms with van der Waals surface area (Å²) >= 11 is 3.43. The van der Waals surface area contributed by atoms with Crippen LogP contribution in [0, 0.1) is 13.8 Å². The molecule has 1 aromatic heterocycles. The van der Waals surface area contributed by atoms with Crippen molar-refractivity contribution in [3.63, 3.8) is 0 Å². The minimum Gasteiger partial charge on any atom is -0.271 e. The van der Waals surface area contributed by atoms with Crippen molar-refractivity contribution in [2.45, 2.75) is 25.2 Å². The quantitative estimate of drug-likeness (QED) is 0.817. The molecule has 7 heteroatoms. The molecule has 1 aromatic carbocycles. The van der Waals surface area contributed by atoms with Gasteiger partial charge in [-0.1, -0.05) is 15.9 Å². The van der Waals surface area contributed by atoms with Crippen molar-refractivity contribution in [2.24, 2.45) is 7.05 Å². The van der Waals surface area contributed by atoms with Crippen LogP contribution in [0.3, 0.4) is 0 Å². The second kappa shape index (κ2) is 4.84. The molecule has 2 heterocycles. The van der Waals surface area contributed by atoms with Crippen molar-refractivity contribution < 1.29 is 8.42 Å². The average molecular weight is 370 g/mol. The fourth-order valence-electron chi connectivity index (χ4n) is 2.83. The molecule has 21 heavy (non-hydrogen) atoms. The number of sulfonamides is 1. The number of halogens is 1. The standard InChI is InChI=1S/C14H16BrN3O2S/c1-9-14(10(2)17(3)16-9)21(19,20)18-7-6-11-8-12(15)4-5-13(11)18/h4-5,8H,6-7H2,1-3H3. The number of hydrogen-bond donors (Lipinski definition) is 0. The van der Waals surface area contributed by atoms with Gasteiger partial charge in [0.1, 0.15) is 4.90 Å². The van der Waals surface area contributed by atoms with Gasteiger partial charge in [-0.2, -0.15) is 5.10 Å². The molecule has 0 amide bonds. The van der Waals surface area contributed by atoms with Crippen LogP contribution >= 0.6 is 15.9 Å². The van der Waals surface area contributed by atoms with E-state index in [1.807, 2.05) is 18.2 Å². The van der Waals surface area contributed by atoms with Gasteiger partial charge in [0, 0.05) is 18.1 Å². The molecule has 1 aliphatic rings. The van der Waals surface area contributed by atoms with E-state index in [9.17, 15) is 8.42 Å². The second-order valence-corrected chi connectivity index (χ2v) is 7.94. The Labute approximate surface area is 132 Å². The summed E-state index contributed by atoms with van der Waals surface area (Å²) in [5, 5.41) is 4.22. The summed E-state index contributed by atoms with van der Waals surface area (Å²) in [6, 6.07) is 5.70. The highest BCUT2D eigenvalue weighted by molar-refractivity contribution is 9.10. The summed E-state index contributed by atoms with van der Waals surface area (Å²) in [5.41, 5.74) is 3.02. The van der Waals surface area contributed by atoms with E-state index in [4.69, 9.17) is 0 Å². The van der Waals surface area contributed by atoms with E-state index in [1.165, 1.54) is 4.31 Å². The fourth-order valence-corrected chi connectivity index (χ4v) is 5.14. The van der Waals surface area contributed by atoms with Gasteiger partial charge in [0.25, 0.3) is 10.0 Å². The molecule has 1 aliphatic heterocycles. The summed E-state index contributed by atoms with van der Waals surface area (Å²) in [7, 11) is -1.81. The molecule has 0 fully saturated rings. The van der Waals surface area contributed by atoms with Crippen molar-refractivity contribution >= 4 is 31.6 Å². The third-order valence-electron chi connectivity index (χ3n) is 3.89. The number of benzene rings is 1. The van der Waals surface area contributed by atoms with E-state index in [1.54, 1.807) is 25.6 Å². The minimum absolute atomic E-state index is 0.320. The molecule has 0 radical (unpaired) electrons. The summed E-state index contributed by atoms with van der Waals surface area (Å²) in [4.78, 5) is 0.320. The largest absolute Gasteiger partial charge is 0.271 e. The number of aryl methyl sites for hydroxylation is 2. The Bertz CT molecular complexity index is 827. The first-order valence-electron chi connectivity index (χ1n) is 6.63. The van der Waals surface area contributed by atoms with Crippen LogP contribution in [-0.4, -0.2) is 24.7 Å². The highest BCUT2D eigenvalue weighted by atomic mass is 79.9.